The van der Waals surface area contributed by atoms with Gasteiger partial charge in [-0.25, -0.2) is 0 Å². The molecule has 0 bridgehead atoms. The van der Waals surface area contributed by atoms with E-state index < -0.39 is 18.5 Å². The summed E-state index contributed by atoms with van der Waals surface area (Å²) in [5, 5.41) is 27.5. The maximum atomic E-state index is 9.91. The summed E-state index contributed by atoms with van der Waals surface area (Å²) < 4.78 is 4.98. The minimum Gasteiger partial charge on any atom is -0.402 e. The van der Waals surface area contributed by atoms with Crippen LogP contribution >= 0.6 is 0 Å². The Morgan fingerprint density at radius 3 is 2.13 bits per heavy atom. The molecule has 3 N–H and O–H groups in total. The van der Waals surface area contributed by atoms with Crippen LogP contribution in [0.5, 0.6) is 0 Å². The summed E-state index contributed by atoms with van der Waals surface area (Å²) in [6, 6.07) is 0. The first-order chi connectivity index (χ1) is 6.73. The lowest BCUT2D eigenvalue weighted by Crippen LogP contribution is -2.52. The number of allylic oxidation sites excluding steroid dienone is 2. The molecular formula is C10H21BO4. The fourth-order valence-electron chi connectivity index (χ4n) is 1.27. The number of rotatable bonds is 6. The Kier molecular flexibility index (Phi) is 5.52. The molecule has 0 saturated carbocycles. The van der Waals surface area contributed by atoms with Crippen molar-refractivity contribution in [3.63, 3.8) is 0 Å². The van der Waals surface area contributed by atoms with Crippen LogP contribution in [0.3, 0.4) is 0 Å². The van der Waals surface area contributed by atoms with Gasteiger partial charge in [-0.15, -0.1) is 0 Å². The van der Waals surface area contributed by atoms with E-state index in [1.165, 1.54) is 0 Å². The van der Waals surface area contributed by atoms with Gasteiger partial charge in [-0.05, 0) is 40.5 Å². The van der Waals surface area contributed by atoms with Gasteiger partial charge in [0.15, 0.2) is 0 Å². The summed E-state index contributed by atoms with van der Waals surface area (Å²) in [6.45, 7) is 6.75. The van der Waals surface area contributed by atoms with Crippen LogP contribution in [0.1, 0.15) is 40.5 Å². The molecule has 15 heavy (non-hydrogen) atoms. The smallest absolute Gasteiger partial charge is 0.402 e. The molecule has 0 aliphatic heterocycles. The first-order valence-corrected chi connectivity index (χ1v) is 5.10. The lowest BCUT2D eigenvalue weighted by molar-refractivity contribution is -0.124. The molecule has 4 nitrogen and oxygen atoms in total. The zero-order valence-corrected chi connectivity index (χ0v) is 9.90. The van der Waals surface area contributed by atoms with Crippen molar-refractivity contribution in [3.8, 4) is 0 Å². The second kappa shape index (κ2) is 5.65. The average Bonchev–Trinajstić information content (AvgIpc) is 2.01. The predicted octanol–water partition coefficient (Wildman–Crippen LogP) is 0.858. The van der Waals surface area contributed by atoms with Crippen molar-refractivity contribution >= 4 is 7.32 Å². The summed E-state index contributed by atoms with van der Waals surface area (Å²) in [6.07, 6.45) is 5.07. The van der Waals surface area contributed by atoms with Gasteiger partial charge in [0.2, 0.25) is 0 Å². The molecule has 0 rings (SSSR count). The van der Waals surface area contributed by atoms with Crippen molar-refractivity contribution in [1.82, 2.24) is 0 Å². The van der Waals surface area contributed by atoms with Crippen LogP contribution in [-0.4, -0.2) is 33.7 Å². The average molecular weight is 216 g/mol. The fourth-order valence-corrected chi connectivity index (χ4v) is 1.27. The molecule has 0 amide bonds. The van der Waals surface area contributed by atoms with Crippen molar-refractivity contribution in [3.05, 3.63) is 12.2 Å². The maximum Gasteiger partial charge on any atom is 0.634 e. The van der Waals surface area contributed by atoms with Crippen molar-refractivity contribution in [2.24, 2.45) is 0 Å². The Hall–Kier alpha value is -0.355. The van der Waals surface area contributed by atoms with Crippen LogP contribution in [0.2, 0.25) is 0 Å². The molecule has 0 aliphatic rings. The number of aliphatic hydroxyl groups is 1. The first-order valence-electron chi connectivity index (χ1n) is 5.10. The van der Waals surface area contributed by atoms with Crippen molar-refractivity contribution in [2.75, 3.05) is 0 Å². The number of hydrogen-bond acceptors (Lipinski definition) is 4. The van der Waals surface area contributed by atoms with Gasteiger partial charge in [0, 0.05) is 0 Å². The molecule has 0 aromatic rings. The summed E-state index contributed by atoms with van der Waals surface area (Å²) >= 11 is 0. The van der Waals surface area contributed by atoms with Crippen molar-refractivity contribution in [1.29, 1.82) is 0 Å². The summed E-state index contributed by atoms with van der Waals surface area (Å²) in [5.74, 6) is 0. The summed E-state index contributed by atoms with van der Waals surface area (Å²) in [5.41, 5.74) is -2.13. The molecule has 1 unspecified atom stereocenters. The van der Waals surface area contributed by atoms with Crippen LogP contribution in [0, 0.1) is 0 Å². The highest BCUT2D eigenvalue weighted by Crippen LogP contribution is 2.30. The Labute approximate surface area is 91.8 Å². The van der Waals surface area contributed by atoms with E-state index in [1.807, 2.05) is 19.1 Å². The van der Waals surface area contributed by atoms with E-state index in [-0.39, 0.29) is 0 Å². The van der Waals surface area contributed by atoms with Gasteiger partial charge >= 0.3 is 7.32 Å². The molecule has 88 valence electrons. The van der Waals surface area contributed by atoms with Crippen LogP contribution in [0.25, 0.3) is 0 Å². The summed E-state index contributed by atoms with van der Waals surface area (Å²) in [7, 11) is -1.87. The van der Waals surface area contributed by atoms with E-state index in [4.69, 9.17) is 14.7 Å². The van der Waals surface area contributed by atoms with Gasteiger partial charge in [0.25, 0.3) is 0 Å². The molecule has 5 heteroatoms. The topological polar surface area (TPSA) is 69.9 Å². The van der Waals surface area contributed by atoms with Gasteiger partial charge in [-0.3, -0.25) is 0 Å². The maximum absolute atomic E-state index is 9.91. The van der Waals surface area contributed by atoms with Gasteiger partial charge in [0.05, 0.1) is 11.2 Å². The lowest BCUT2D eigenvalue weighted by atomic mass is 9.82. The molecule has 0 aliphatic carbocycles. The van der Waals surface area contributed by atoms with Gasteiger partial charge in [-0.2, -0.15) is 0 Å². The van der Waals surface area contributed by atoms with Crippen LogP contribution in [-0.2, 0) is 4.65 Å². The van der Waals surface area contributed by atoms with Crippen molar-refractivity contribution in [2.45, 2.75) is 51.7 Å². The highest BCUT2D eigenvalue weighted by Gasteiger charge is 2.42. The molecule has 0 fully saturated rings. The lowest BCUT2D eigenvalue weighted by Gasteiger charge is -2.40. The highest BCUT2D eigenvalue weighted by atomic mass is 16.6. The number of hydrogen-bond donors (Lipinski definition) is 3. The van der Waals surface area contributed by atoms with Crippen LogP contribution < -0.4 is 0 Å². The monoisotopic (exact) mass is 216 g/mol. The zero-order chi connectivity index (χ0) is 12.1. The standard InChI is InChI=1S/C10H21BO4/c1-5-6-7-8-10(4,9(2,3)12)15-11(13)14/h5-6,12-14H,7-8H2,1-4H3. The normalized spacial score (nSPS) is 16.7. The van der Waals surface area contributed by atoms with E-state index in [9.17, 15) is 5.11 Å². The summed E-state index contributed by atoms with van der Waals surface area (Å²) in [4.78, 5) is 0. The van der Waals surface area contributed by atoms with Gasteiger partial charge in [-0.1, -0.05) is 12.2 Å². The Balaban J connectivity index is 4.55. The Morgan fingerprint density at radius 1 is 1.27 bits per heavy atom. The minimum absolute atomic E-state index is 0.512. The van der Waals surface area contributed by atoms with Gasteiger partial charge in [0.1, 0.15) is 0 Å². The third-order valence-corrected chi connectivity index (χ3v) is 2.68. The minimum atomic E-state index is -1.87. The molecule has 0 spiro atoms. The van der Waals surface area contributed by atoms with Crippen molar-refractivity contribution < 1.29 is 19.8 Å². The Morgan fingerprint density at radius 2 is 1.80 bits per heavy atom. The quantitative estimate of drug-likeness (QED) is 0.455. The predicted molar refractivity (Wildman–Crippen MR) is 60.0 cm³/mol. The molecule has 0 aromatic heterocycles. The molecule has 0 saturated heterocycles. The van der Waals surface area contributed by atoms with Gasteiger partial charge < -0.3 is 19.8 Å². The molecular weight excluding hydrogens is 195 g/mol. The van der Waals surface area contributed by atoms with Crippen LogP contribution in [0.15, 0.2) is 12.2 Å². The van der Waals surface area contributed by atoms with E-state index in [1.54, 1.807) is 20.8 Å². The third-order valence-electron chi connectivity index (χ3n) is 2.68. The fraction of sp³-hybridized carbons (Fsp3) is 0.800. The van der Waals surface area contributed by atoms with E-state index in [0.29, 0.717) is 12.8 Å². The molecule has 0 radical (unpaired) electrons. The van der Waals surface area contributed by atoms with Crippen LogP contribution in [0.4, 0.5) is 0 Å². The largest absolute Gasteiger partial charge is 0.634 e. The third kappa shape index (κ3) is 4.79. The van der Waals surface area contributed by atoms with E-state index >= 15 is 0 Å². The SMILES string of the molecule is CC=CCCC(C)(OB(O)O)C(C)(C)O. The Bertz CT molecular complexity index is 210. The highest BCUT2D eigenvalue weighted by molar-refractivity contribution is 6.32. The molecule has 1 atom stereocenters. The molecule has 0 heterocycles. The zero-order valence-electron chi connectivity index (χ0n) is 9.90. The second-order valence-electron chi connectivity index (χ2n) is 4.34. The molecule has 0 aromatic carbocycles. The van der Waals surface area contributed by atoms with E-state index in [2.05, 4.69) is 0 Å². The second-order valence-corrected chi connectivity index (χ2v) is 4.34. The first kappa shape index (κ1) is 14.6. The van der Waals surface area contributed by atoms with E-state index in [0.717, 1.165) is 0 Å².